The van der Waals surface area contributed by atoms with Crippen molar-refractivity contribution in [2.45, 2.75) is 45.7 Å². The molecule has 2 N–H and O–H groups in total. The summed E-state index contributed by atoms with van der Waals surface area (Å²) in [5.41, 5.74) is 1.51. The highest BCUT2D eigenvalue weighted by molar-refractivity contribution is 6.30. The van der Waals surface area contributed by atoms with Gasteiger partial charge in [0.15, 0.2) is 0 Å². The Balaban J connectivity index is 2.19. The van der Waals surface area contributed by atoms with Crippen LogP contribution in [0.3, 0.4) is 0 Å². The van der Waals surface area contributed by atoms with Gasteiger partial charge < -0.3 is 10.6 Å². The van der Waals surface area contributed by atoms with E-state index in [4.69, 9.17) is 11.6 Å². The van der Waals surface area contributed by atoms with Crippen molar-refractivity contribution in [2.24, 2.45) is 0 Å². The standard InChI is InChI=1S/C15H25ClN2/c1-12(11-18-15(2,3)4)17-10-9-13-5-7-14(16)8-6-13/h5-8,12,17-18H,9-11H2,1-4H3. The number of hydrogen-bond donors (Lipinski definition) is 2. The molecule has 18 heavy (non-hydrogen) atoms. The van der Waals surface area contributed by atoms with Gasteiger partial charge in [-0.05, 0) is 58.4 Å². The molecular formula is C15H25ClN2. The highest BCUT2D eigenvalue weighted by Gasteiger charge is 2.10. The van der Waals surface area contributed by atoms with Crippen molar-refractivity contribution in [1.29, 1.82) is 0 Å². The summed E-state index contributed by atoms with van der Waals surface area (Å²) in [5, 5.41) is 7.82. The van der Waals surface area contributed by atoms with Crippen LogP contribution in [0, 0.1) is 0 Å². The van der Waals surface area contributed by atoms with Crippen molar-refractivity contribution >= 4 is 11.6 Å². The minimum atomic E-state index is 0.187. The van der Waals surface area contributed by atoms with E-state index >= 15 is 0 Å². The molecule has 0 aromatic heterocycles. The Bertz CT molecular complexity index is 341. The predicted octanol–water partition coefficient (Wildman–Crippen LogP) is 3.25. The van der Waals surface area contributed by atoms with Crippen LogP contribution in [0.15, 0.2) is 24.3 Å². The maximum atomic E-state index is 5.86. The van der Waals surface area contributed by atoms with E-state index in [-0.39, 0.29) is 5.54 Å². The molecule has 0 spiro atoms. The Morgan fingerprint density at radius 3 is 2.33 bits per heavy atom. The number of rotatable bonds is 6. The first-order chi connectivity index (χ1) is 8.37. The van der Waals surface area contributed by atoms with Gasteiger partial charge in [0.1, 0.15) is 0 Å². The highest BCUT2D eigenvalue weighted by Crippen LogP contribution is 2.09. The quantitative estimate of drug-likeness (QED) is 0.828. The van der Waals surface area contributed by atoms with Crippen molar-refractivity contribution in [3.8, 4) is 0 Å². The summed E-state index contributed by atoms with van der Waals surface area (Å²) in [6.45, 7) is 10.8. The maximum absolute atomic E-state index is 5.86. The molecule has 0 bridgehead atoms. The summed E-state index contributed by atoms with van der Waals surface area (Å²) < 4.78 is 0. The van der Waals surface area contributed by atoms with Gasteiger partial charge in [-0.1, -0.05) is 23.7 Å². The minimum Gasteiger partial charge on any atom is -0.313 e. The average Bonchev–Trinajstić information content (AvgIpc) is 2.28. The lowest BCUT2D eigenvalue weighted by Gasteiger charge is -2.24. The molecule has 0 amide bonds. The summed E-state index contributed by atoms with van der Waals surface area (Å²) in [7, 11) is 0. The smallest absolute Gasteiger partial charge is 0.0406 e. The lowest BCUT2D eigenvalue weighted by atomic mass is 10.1. The Kier molecular flexibility index (Phi) is 6.13. The fourth-order valence-electron chi connectivity index (χ4n) is 1.65. The van der Waals surface area contributed by atoms with Gasteiger partial charge in [0, 0.05) is 23.1 Å². The first-order valence-electron chi connectivity index (χ1n) is 6.60. The van der Waals surface area contributed by atoms with Gasteiger partial charge in [0.05, 0.1) is 0 Å². The third kappa shape index (κ3) is 7.00. The van der Waals surface area contributed by atoms with E-state index in [9.17, 15) is 0 Å². The van der Waals surface area contributed by atoms with Crippen LogP contribution in [-0.2, 0) is 6.42 Å². The van der Waals surface area contributed by atoms with E-state index in [0.717, 1.165) is 24.5 Å². The summed E-state index contributed by atoms with van der Waals surface area (Å²) >= 11 is 5.86. The third-order valence-electron chi connectivity index (χ3n) is 2.76. The average molecular weight is 269 g/mol. The van der Waals surface area contributed by atoms with E-state index in [2.05, 4.69) is 50.5 Å². The monoisotopic (exact) mass is 268 g/mol. The SMILES string of the molecule is CC(CNC(C)(C)C)NCCc1ccc(Cl)cc1. The van der Waals surface area contributed by atoms with E-state index in [1.165, 1.54) is 5.56 Å². The second-order valence-corrected chi connectivity index (χ2v) is 6.30. The largest absolute Gasteiger partial charge is 0.313 e. The molecule has 0 aliphatic heterocycles. The Morgan fingerprint density at radius 2 is 1.78 bits per heavy atom. The Labute approximate surface area is 116 Å². The zero-order valence-electron chi connectivity index (χ0n) is 11.9. The molecule has 1 rings (SSSR count). The van der Waals surface area contributed by atoms with Crippen LogP contribution in [0.1, 0.15) is 33.3 Å². The first-order valence-corrected chi connectivity index (χ1v) is 6.97. The number of hydrogen-bond acceptors (Lipinski definition) is 2. The molecule has 1 atom stereocenters. The zero-order chi connectivity index (χ0) is 13.6. The molecule has 1 aromatic rings. The molecule has 0 fully saturated rings. The molecule has 1 unspecified atom stereocenters. The van der Waals surface area contributed by atoms with Gasteiger partial charge in [0.25, 0.3) is 0 Å². The van der Waals surface area contributed by atoms with Crippen molar-refractivity contribution in [1.82, 2.24) is 10.6 Å². The highest BCUT2D eigenvalue weighted by atomic mass is 35.5. The van der Waals surface area contributed by atoms with E-state index in [0.29, 0.717) is 6.04 Å². The topological polar surface area (TPSA) is 24.1 Å². The number of benzene rings is 1. The van der Waals surface area contributed by atoms with Crippen molar-refractivity contribution in [2.75, 3.05) is 13.1 Å². The summed E-state index contributed by atoms with van der Waals surface area (Å²) in [5.74, 6) is 0. The van der Waals surface area contributed by atoms with Gasteiger partial charge >= 0.3 is 0 Å². The number of halogens is 1. The lowest BCUT2D eigenvalue weighted by Crippen LogP contribution is -2.44. The number of nitrogens with one attached hydrogen (secondary N) is 2. The molecule has 0 saturated carbocycles. The molecule has 0 aliphatic carbocycles. The van der Waals surface area contributed by atoms with Gasteiger partial charge in [-0.25, -0.2) is 0 Å². The maximum Gasteiger partial charge on any atom is 0.0406 e. The molecule has 102 valence electrons. The summed E-state index contributed by atoms with van der Waals surface area (Å²) in [6.07, 6.45) is 1.04. The second kappa shape index (κ2) is 7.13. The molecule has 0 radical (unpaired) electrons. The molecule has 1 aromatic carbocycles. The molecule has 3 heteroatoms. The Morgan fingerprint density at radius 1 is 1.17 bits per heavy atom. The molecule has 0 heterocycles. The molecule has 0 saturated heterocycles. The van der Waals surface area contributed by atoms with Crippen molar-refractivity contribution < 1.29 is 0 Å². The van der Waals surface area contributed by atoms with Crippen LogP contribution in [0.2, 0.25) is 5.02 Å². The third-order valence-corrected chi connectivity index (χ3v) is 3.01. The van der Waals surface area contributed by atoms with Crippen LogP contribution >= 0.6 is 11.6 Å². The van der Waals surface area contributed by atoms with Crippen LogP contribution in [0.5, 0.6) is 0 Å². The predicted molar refractivity (Wildman–Crippen MR) is 80.4 cm³/mol. The minimum absolute atomic E-state index is 0.187. The van der Waals surface area contributed by atoms with Crippen molar-refractivity contribution in [3.05, 3.63) is 34.9 Å². The normalized spacial score (nSPS) is 13.6. The second-order valence-electron chi connectivity index (χ2n) is 5.86. The van der Waals surface area contributed by atoms with E-state index in [1.807, 2.05) is 12.1 Å². The molecule has 0 aliphatic rings. The fourth-order valence-corrected chi connectivity index (χ4v) is 1.77. The van der Waals surface area contributed by atoms with Gasteiger partial charge in [-0.2, -0.15) is 0 Å². The first kappa shape index (κ1) is 15.5. The van der Waals surface area contributed by atoms with Crippen LogP contribution in [0.25, 0.3) is 0 Å². The zero-order valence-corrected chi connectivity index (χ0v) is 12.6. The molecular weight excluding hydrogens is 244 g/mol. The Hall–Kier alpha value is -0.570. The van der Waals surface area contributed by atoms with Gasteiger partial charge in [0.2, 0.25) is 0 Å². The van der Waals surface area contributed by atoms with Crippen LogP contribution in [0.4, 0.5) is 0 Å². The van der Waals surface area contributed by atoms with Crippen molar-refractivity contribution in [3.63, 3.8) is 0 Å². The summed E-state index contributed by atoms with van der Waals surface area (Å²) in [4.78, 5) is 0. The van der Waals surface area contributed by atoms with Crippen LogP contribution < -0.4 is 10.6 Å². The fraction of sp³-hybridized carbons (Fsp3) is 0.600. The van der Waals surface area contributed by atoms with Crippen LogP contribution in [-0.4, -0.2) is 24.7 Å². The lowest BCUT2D eigenvalue weighted by molar-refractivity contribution is 0.389. The molecule has 2 nitrogen and oxygen atoms in total. The summed E-state index contributed by atoms with van der Waals surface area (Å²) in [6, 6.07) is 8.55. The van der Waals surface area contributed by atoms with E-state index < -0.39 is 0 Å². The van der Waals surface area contributed by atoms with Gasteiger partial charge in [-0.15, -0.1) is 0 Å². The van der Waals surface area contributed by atoms with Gasteiger partial charge in [-0.3, -0.25) is 0 Å². The van der Waals surface area contributed by atoms with E-state index in [1.54, 1.807) is 0 Å².